The molecule has 4 rings (SSSR count). The maximum Gasteiger partial charge on any atom is 0.129 e. The Morgan fingerprint density at radius 1 is 1.10 bits per heavy atom. The Balaban J connectivity index is 2.07. The lowest BCUT2D eigenvalue weighted by molar-refractivity contribution is 0.351. The third kappa shape index (κ3) is 1.58. The molecule has 0 amide bonds. The van der Waals surface area contributed by atoms with Gasteiger partial charge in [0.05, 0.1) is 5.52 Å². The van der Waals surface area contributed by atoms with Crippen LogP contribution in [-0.2, 0) is 0 Å². The van der Waals surface area contributed by atoms with Gasteiger partial charge >= 0.3 is 0 Å². The smallest absolute Gasteiger partial charge is 0.129 e. The van der Waals surface area contributed by atoms with E-state index in [1.54, 1.807) is 0 Å². The SMILES string of the molecule is C/C=C/C1=Cc2c(ccc3c2[nH]c2ccccc23)OC1. The van der Waals surface area contributed by atoms with E-state index in [4.69, 9.17) is 4.74 Å². The summed E-state index contributed by atoms with van der Waals surface area (Å²) < 4.78 is 5.85. The van der Waals surface area contributed by atoms with Crippen molar-refractivity contribution >= 4 is 27.9 Å². The van der Waals surface area contributed by atoms with Gasteiger partial charge in [-0.1, -0.05) is 30.4 Å². The Hall–Kier alpha value is -2.48. The average molecular weight is 261 g/mol. The van der Waals surface area contributed by atoms with E-state index in [2.05, 4.69) is 53.5 Å². The molecule has 2 heteroatoms. The van der Waals surface area contributed by atoms with Crippen molar-refractivity contribution in [1.29, 1.82) is 0 Å². The van der Waals surface area contributed by atoms with Crippen LogP contribution < -0.4 is 4.74 Å². The second-order valence-electron chi connectivity index (χ2n) is 5.08. The molecule has 0 radical (unpaired) electrons. The quantitative estimate of drug-likeness (QED) is 0.676. The summed E-state index contributed by atoms with van der Waals surface area (Å²) in [6, 6.07) is 12.6. The van der Waals surface area contributed by atoms with Gasteiger partial charge in [-0.15, -0.1) is 0 Å². The zero-order chi connectivity index (χ0) is 13.5. The maximum atomic E-state index is 5.85. The standard InChI is InChI=1S/C18H15NO/c1-2-5-12-10-15-17(20-11-12)9-8-14-13-6-3-4-7-16(13)19-18(14)15/h2-10,19H,11H2,1H3/b5-2+. The van der Waals surface area contributed by atoms with Crippen LogP contribution in [0.5, 0.6) is 5.75 Å². The molecule has 98 valence electrons. The van der Waals surface area contributed by atoms with Gasteiger partial charge in [-0.3, -0.25) is 0 Å². The number of hydrogen-bond donors (Lipinski definition) is 1. The molecule has 1 aliphatic heterocycles. The summed E-state index contributed by atoms with van der Waals surface area (Å²) in [7, 11) is 0. The Morgan fingerprint density at radius 2 is 2.00 bits per heavy atom. The number of H-pyrrole nitrogens is 1. The van der Waals surface area contributed by atoms with E-state index in [-0.39, 0.29) is 0 Å². The molecular formula is C18H15NO. The van der Waals surface area contributed by atoms with Gasteiger partial charge in [0.2, 0.25) is 0 Å². The summed E-state index contributed by atoms with van der Waals surface area (Å²) >= 11 is 0. The van der Waals surface area contributed by atoms with Gasteiger partial charge in [0.15, 0.2) is 0 Å². The minimum absolute atomic E-state index is 0.642. The monoisotopic (exact) mass is 261 g/mol. The van der Waals surface area contributed by atoms with Crippen molar-refractivity contribution in [2.45, 2.75) is 6.92 Å². The van der Waals surface area contributed by atoms with Crippen molar-refractivity contribution in [1.82, 2.24) is 4.98 Å². The predicted octanol–water partition coefficient (Wildman–Crippen LogP) is 4.67. The van der Waals surface area contributed by atoms with Crippen molar-refractivity contribution < 1.29 is 4.74 Å². The summed E-state index contributed by atoms with van der Waals surface area (Å²) in [6.45, 7) is 2.67. The highest BCUT2D eigenvalue weighted by molar-refractivity contribution is 6.10. The van der Waals surface area contributed by atoms with E-state index in [1.165, 1.54) is 21.9 Å². The first-order chi connectivity index (χ1) is 9.86. The maximum absolute atomic E-state index is 5.85. The van der Waals surface area contributed by atoms with Crippen LogP contribution in [0.2, 0.25) is 0 Å². The van der Waals surface area contributed by atoms with E-state index in [0.717, 1.165) is 16.8 Å². The summed E-state index contributed by atoms with van der Waals surface area (Å²) in [5.41, 5.74) is 4.68. The van der Waals surface area contributed by atoms with Crippen molar-refractivity contribution in [3.05, 3.63) is 59.7 Å². The molecule has 0 bridgehead atoms. The molecule has 0 atom stereocenters. The average Bonchev–Trinajstić information content (AvgIpc) is 2.87. The van der Waals surface area contributed by atoms with Crippen LogP contribution in [0.25, 0.3) is 27.9 Å². The van der Waals surface area contributed by atoms with E-state index in [0.29, 0.717) is 6.61 Å². The van der Waals surface area contributed by atoms with Gasteiger partial charge < -0.3 is 9.72 Å². The molecule has 2 nitrogen and oxygen atoms in total. The summed E-state index contributed by atoms with van der Waals surface area (Å²) in [4.78, 5) is 3.52. The lowest BCUT2D eigenvalue weighted by Crippen LogP contribution is -2.05. The molecular weight excluding hydrogens is 246 g/mol. The number of nitrogens with one attached hydrogen (secondary N) is 1. The van der Waals surface area contributed by atoms with E-state index >= 15 is 0 Å². The molecule has 0 aliphatic carbocycles. The normalized spacial score (nSPS) is 14.6. The molecule has 1 N–H and O–H groups in total. The Bertz CT molecular complexity index is 868. The molecule has 1 aliphatic rings. The van der Waals surface area contributed by atoms with Crippen LogP contribution in [0.1, 0.15) is 12.5 Å². The number of hydrogen-bond acceptors (Lipinski definition) is 1. The fourth-order valence-corrected chi connectivity index (χ4v) is 2.89. The van der Waals surface area contributed by atoms with Crippen LogP contribution >= 0.6 is 0 Å². The van der Waals surface area contributed by atoms with Gasteiger partial charge in [-0.2, -0.15) is 0 Å². The zero-order valence-electron chi connectivity index (χ0n) is 11.3. The van der Waals surface area contributed by atoms with Crippen LogP contribution in [-0.4, -0.2) is 11.6 Å². The van der Waals surface area contributed by atoms with E-state index in [9.17, 15) is 0 Å². The first-order valence-electron chi connectivity index (χ1n) is 6.86. The molecule has 0 fully saturated rings. The lowest BCUT2D eigenvalue weighted by atomic mass is 10.0. The number of aromatic amines is 1. The zero-order valence-corrected chi connectivity index (χ0v) is 11.3. The summed E-state index contributed by atoms with van der Waals surface area (Å²) in [6.07, 6.45) is 6.37. The number of fused-ring (bicyclic) bond motifs is 5. The minimum atomic E-state index is 0.642. The fraction of sp³-hybridized carbons (Fsp3) is 0.111. The molecule has 1 aromatic heterocycles. The highest BCUT2D eigenvalue weighted by Crippen LogP contribution is 2.36. The molecule has 3 aromatic rings. The van der Waals surface area contributed by atoms with Gasteiger partial charge in [0.1, 0.15) is 12.4 Å². The van der Waals surface area contributed by atoms with Crippen LogP contribution in [0.3, 0.4) is 0 Å². The topological polar surface area (TPSA) is 25.0 Å². The Kier molecular flexibility index (Phi) is 2.43. The molecule has 0 spiro atoms. The summed E-state index contributed by atoms with van der Waals surface area (Å²) in [5, 5.41) is 2.51. The lowest BCUT2D eigenvalue weighted by Gasteiger charge is -2.16. The minimum Gasteiger partial charge on any atom is -0.488 e. The molecule has 2 aromatic carbocycles. The number of ether oxygens (including phenoxy) is 1. The van der Waals surface area contributed by atoms with Crippen LogP contribution in [0, 0.1) is 0 Å². The highest BCUT2D eigenvalue weighted by atomic mass is 16.5. The Labute approximate surface area is 117 Å². The number of benzene rings is 2. The van der Waals surface area contributed by atoms with Crippen molar-refractivity contribution in [2.24, 2.45) is 0 Å². The van der Waals surface area contributed by atoms with Crippen molar-refractivity contribution in [3.63, 3.8) is 0 Å². The second-order valence-corrected chi connectivity index (χ2v) is 5.08. The first kappa shape index (κ1) is 11.4. The fourth-order valence-electron chi connectivity index (χ4n) is 2.89. The van der Waals surface area contributed by atoms with Gasteiger partial charge in [-0.25, -0.2) is 0 Å². The van der Waals surface area contributed by atoms with Crippen molar-refractivity contribution in [2.75, 3.05) is 6.61 Å². The molecule has 0 saturated heterocycles. The first-order valence-corrected chi connectivity index (χ1v) is 6.86. The molecule has 0 unspecified atom stereocenters. The van der Waals surface area contributed by atoms with Crippen LogP contribution in [0.15, 0.2) is 54.1 Å². The second kappa shape index (κ2) is 4.27. The number of para-hydroxylation sites is 1. The third-order valence-electron chi connectivity index (χ3n) is 3.79. The summed E-state index contributed by atoms with van der Waals surface area (Å²) in [5.74, 6) is 0.956. The third-order valence-corrected chi connectivity index (χ3v) is 3.79. The van der Waals surface area contributed by atoms with Crippen LogP contribution in [0.4, 0.5) is 0 Å². The Morgan fingerprint density at radius 3 is 2.90 bits per heavy atom. The number of allylic oxidation sites excluding steroid dienone is 1. The highest BCUT2D eigenvalue weighted by Gasteiger charge is 2.15. The van der Waals surface area contributed by atoms with Gasteiger partial charge in [0.25, 0.3) is 0 Å². The largest absolute Gasteiger partial charge is 0.488 e. The van der Waals surface area contributed by atoms with E-state index in [1.807, 2.05) is 13.0 Å². The van der Waals surface area contributed by atoms with Gasteiger partial charge in [0, 0.05) is 21.9 Å². The molecule has 20 heavy (non-hydrogen) atoms. The predicted molar refractivity (Wildman–Crippen MR) is 84.1 cm³/mol. The molecule has 0 saturated carbocycles. The number of rotatable bonds is 1. The van der Waals surface area contributed by atoms with E-state index < -0.39 is 0 Å². The van der Waals surface area contributed by atoms with Gasteiger partial charge in [-0.05, 0) is 36.8 Å². The van der Waals surface area contributed by atoms with Crippen molar-refractivity contribution in [3.8, 4) is 5.75 Å². The number of aromatic nitrogens is 1. The molecule has 2 heterocycles.